The molecule has 8 heteroatoms. The van der Waals surface area contributed by atoms with Crippen molar-refractivity contribution >= 4 is 29.1 Å². The molecule has 2 heterocycles. The summed E-state index contributed by atoms with van der Waals surface area (Å²) in [5, 5.41) is 7.70. The van der Waals surface area contributed by atoms with E-state index in [-0.39, 0.29) is 23.3 Å². The minimum Gasteiger partial charge on any atom is -0.489 e. The van der Waals surface area contributed by atoms with E-state index in [1.807, 2.05) is 60.4 Å². The SMILES string of the molecule is CC(=O)N1CC2(CC(n3ncc(Cl)c3C(=O)Nc3ccc(OCc4ccccc4)cc3C)C2)C1. The highest BCUT2D eigenvalue weighted by Gasteiger charge is 2.54. The van der Waals surface area contributed by atoms with Gasteiger partial charge >= 0.3 is 0 Å². The zero-order valence-corrected chi connectivity index (χ0v) is 20.0. The summed E-state index contributed by atoms with van der Waals surface area (Å²) >= 11 is 6.36. The Morgan fingerprint density at radius 1 is 1.18 bits per heavy atom. The van der Waals surface area contributed by atoms with Crippen molar-refractivity contribution in [3.05, 3.63) is 76.6 Å². The Balaban J connectivity index is 1.23. The molecule has 2 aromatic carbocycles. The Morgan fingerprint density at radius 3 is 2.59 bits per heavy atom. The van der Waals surface area contributed by atoms with Gasteiger partial charge in [0.25, 0.3) is 5.91 Å². The van der Waals surface area contributed by atoms with E-state index in [2.05, 4.69) is 10.4 Å². The second-order valence-electron chi connectivity index (χ2n) is 9.43. The van der Waals surface area contributed by atoms with Crippen molar-refractivity contribution < 1.29 is 14.3 Å². The Bertz CT molecular complexity index is 1230. The molecule has 1 saturated heterocycles. The van der Waals surface area contributed by atoms with Crippen molar-refractivity contribution in [3.63, 3.8) is 0 Å². The van der Waals surface area contributed by atoms with E-state index in [1.54, 1.807) is 11.6 Å². The molecule has 1 N–H and O–H groups in total. The molecule has 1 aliphatic heterocycles. The fourth-order valence-corrected chi connectivity index (χ4v) is 5.19. The highest BCUT2D eigenvalue weighted by molar-refractivity contribution is 6.34. The summed E-state index contributed by atoms with van der Waals surface area (Å²) in [4.78, 5) is 26.5. The number of likely N-dealkylation sites (tertiary alicyclic amines) is 1. The highest BCUT2D eigenvalue weighted by atomic mass is 35.5. The minimum atomic E-state index is -0.288. The van der Waals surface area contributed by atoms with Crippen LogP contribution in [0.1, 0.15) is 47.4 Å². The molecule has 2 aliphatic rings. The highest BCUT2D eigenvalue weighted by Crippen LogP contribution is 2.54. The van der Waals surface area contributed by atoms with Crippen LogP contribution in [-0.2, 0) is 11.4 Å². The molecule has 1 aromatic heterocycles. The number of carbonyl (C=O) groups excluding carboxylic acids is 2. The largest absolute Gasteiger partial charge is 0.489 e. The number of nitrogens with zero attached hydrogens (tertiary/aromatic N) is 3. The van der Waals surface area contributed by atoms with Gasteiger partial charge < -0.3 is 15.0 Å². The van der Waals surface area contributed by atoms with Crippen molar-refractivity contribution in [2.45, 2.75) is 39.3 Å². The monoisotopic (exact) mass is 478 g/mol. The molecule has 2 amide bonds. The first kappa shape index (κ1) is 22.5. The van der Waals surface area contributed by atoms with E-state index in [0.717, 1.165) is 42.8 Å². The Morgan fingerprint density at radius 2 is 1.91 bits per heavy atom. The number of nitrogens with one attached hydrogen (secondary N) is 1. The smallest absolute Gasteiger partial charge is 0.275 e. The van der Waals surface area contributed by atoms with Crippen LogP contribution in [0.25, 0.3) is 0 Å². The summed E-state index contributed by atoms with van der Waals surface area (Å²) in [5.74, 6) is 0.564. The summed E-state index contributed by atoms with van der Waals surface area (Å²) in [5.41, 5.74) is 3.21. The molecule has 0 unspecified atom stereocenters. The molecule has 2 fully saturated rings. The summed E-state index contributed by atoms with van der Waals surface area (Å²) in [6, 6.07) is 15.7. The third kappa shape index (κ3) is 4.28. The summed E-state index contributed by atoms with van der Waals surface area (Å²) < 4.78 is 7.62. The summed E-state index contributed by atoms with van der Waals surface area (Å²) in [7, 11) is 0. The number of benzene rings is 2. The second kappa shape index (κ2) is 8.80. The van der Waals surface area contributed by atoms with Crippen LogP contribution < -0.4 is 10.1 Å². The number of rotatable bonds is 6. The normalized spacial score (nSPS) is 16.6. The molecule has 7 nitrogen and oxygen atoms in total. The number of halogens is 1. The topological polar surface area (TPSA) is 76.5 Å². The van der Waals surface area contributed by atoms with E-state index < -0.39 is 0 Å². The molecular formula is C26H27ClN4O3. The first-order valence-electron chi connectivity index (χ1n) is 11.4. The van der Waals surface area contributed by atoms with E-state index >= 15 is 0 Å². The number of anilines is 1. The maximum absolute atomic E-state index is 13.2. The molecule has 5 rings (SSSR count). The molecule has 1 spiro atoms. The van der Waals surface area contributed by atoms with Gasteiger partial charge in [0.15, 0.2) is 0 Å². The molecule has 1 aliphatic carbocycles. The second-order valence-corrected chi connectivity index (χ2v) is 9.84. The van der Waals surface area contributed by atoms with Crippen molar-refractivity contribution in [2.24, 2.45) is 5.41 Å². The third-order valence-corrected chi connectivity index (χ3v) is 7.12. The van der Waals surface area contributed by atoms with E-state index in [9.17, 15) is 9.59 Å². The quantitative estimate of drug-likeness (QED) is 0.549. The van der Waals surface area contributed by atoms with Gasteiger partial charge in [0.1, 0.15) is 18.1 Å². The van der Waals surface area contributed by atoms with Gasteiger partial charge in [-0.2, -0.15) is 5.10 Å². The van der Waals surface area contributed by atoms with Crippen molar-refractivity contribution in [1.29, 1.82) is 0 Å². The maximum atomic E-state index is 13.2. The molecule has 0 bridgehead atoms. The fraction of sp³-hybridized carbons (Fsp3) is 0.346. The van der Waals surface area contributed by atoms with Crippen LogP contribution >= 0.6 is 11.6 Å². The van der Waals surface area contributed by atoms with Crippen LogP contribution in [0.15, 0.2) is 54.7 Å². The van der Waals surface area contributed by atoms with Crippen LogP contribution in [0, 0.1) is 12.3 Å². The summed E-state index contributed by atoms with van der Waals surface area (Å²) in [6.07, 6.45) is 3.31. The van der Waals surface area contributed by atoms with Gasteiger partial charge in [-0.3, -0.25) is 14.3 Å². The van der Waals surface area contributed by atoms with E-state index in [1.165, 1.54) is 6.20 Å². The standard InChI is InChI=1S/C26H27ClN4O3/c1-17-10-21(34-14-19-6-4-3-5-7-19)8-9-23(17)29-25(33)24-22(27)13-28-31(24)20-11-26(12-20)15-30(16-26)18(2)32/h3-10,13,20H,11-12,14-16H2,1-2H3,(H,29,33). The van der Waals surface area contributed by atoms with Gasteiger partial charge in [0, 0.05) is 31.1 Å². The molecule has 3 aromatic rings. The molecule has 0 radical (unpaired) electrons. The van der Waals surface area contributed by atoms with Crippen LogP contribution in [0.4, 0.5) is 5.69 Å². The van der Waals surface area contributed by atoms with Crippen LogP contribution in [0.3, 0.4) is 0 Å². The van der Waals surface area contributed by atoms with E-state index in [4.69, 9.17) is 16.3 Å². The number of aryl methyl sites for hydroxylation is 1. The maximum Gasteiger partial charge on any atom is 0.275 e. The average Bonchev–Trinajstić information content (AvgIpc) is 3.13. The Labute approximate surface area is 203 Å². The van der Waals surface area contributed by atoms with Gasteiger partial charge in [-0.1, -0.05) is 41.9 Å². The predicted octanol–water partition coefficient (Wildman–Crippen LogP) is 4.86. The van der Waals surface area contributed by atoms with Crippen molar-refractivity contribution in [2.75, 3.05) is 18.4 Å². The lowest BCUT2D eigenvalue weighted by molar-refractivity contribution is -0.152. The lowest BCUT2D eigenvalue weighted by Crippen LogP contribution is -2.63. The van der Waals surface area contributed by atoms with Crippen LogP contribution in [-0.4, -0.2) is 39.6 Å². The number of hydrogen-bond acceptors (Lipinski definition) is 4. The van der Waals surface area contributed by atoms with Gasteiger partial charge in [-0.25, -0.2) is 0 Å². The molecule has 34 heavy (non-hydrogen) atoms. The first-order chi connectivity index (χ1) is 16.3. The first-order valence-corrected chi connectivity index (χ1v) is 11.8. The zero-order valence-electron chi connectivity index (χ0n) is 19.3. The third-order valence-electron chi connectivity index (χ3n) is 6.84. The lowest BCUT2D eigenvalue weighted by atomic mass is 9.60. The van der Waals surface area contributed by atoms with Gasteiger partial charge in [0.2, 0.25) is 5.91 Å². The number of ether oxygens (including phenoxy) is 1. The van der Waals surface area contributed by atoms with Gasteiger partial charge in [-0.05, 0) is 49.1 Å². The van der Waals surface area contributed by atoms with Crippen LogP contribution in [0.5, 0.6) is 5.75 Å². The molecular weight excluding hydrogens is 452 g/mol. The summed E-state index contributed by atoms with van der Waals surface area (Å²) in [6.45, 7) is 5.58. The Hall–Kier alpha value is -3.32. The number of carbonyl (C=O) groups is 2. The Kier molecular flexibility index (Phi) is 5.81. The fourth-order valence-electron chi connectivity index (χ4n) is 4.98. The lowest BCUT2D eigenvalue weighted by Gasteiger charge is -2.58. The van der Waals surface area contributed by atoms with Gasteiger partial charge in [-0.15, -0.1) is 0 Å². The molecule has 176 valence electrons. The number of amides is 2. The number of hydrogen-bond donors (Lipinski definition) is 1. The van der Waals surface area contributed by atoms with E-state index in [0.29, 0.717) is 23.0 Å². The van der Waals surface area contributed by atoms with Gasteiger partial charge in [0.05, 0.1) is 17.3 Å². The molecule has 1 saturated carbocycles. The number of aromatic nitrogens is 2. The van der Waals surface area contributed by atoms with Crippen LogP contribution in [0.2, 0.25) is 5.02 Å². The minimum absolute atomic E-state index is 0.109. The zero-order chi connectivity index (χ0) is 23.9. The average molecular weight is 479 g/mol. The van der Waals surface area contributed by atoms with Crippen molar-refractivity contribution in [3.8, 4) is 5.75 Å². The predicted molar refractivity (Wildman–Crippen MR) is 130 cm³/mol. The molecule has 0 atom stereocenters. The van der Waals surface area contributed by atoms with Crippen molar-refractivity contribution in [1.82, 2.24) is 14.7 Å².